The van der Waals surface area contributed by atoms with Gasteiger partial charge in [0.05, 0.1) is 27.4 Å². The van der Waals surface area contributed by atoms with Crippen LogP contribution < -0.4 is 20.7 Å². The zero-order valence-electron chi connectivity index (χ0n) is 35.6. The molecule has 0 spiro atoms. The minimum Gasteiger partial charge on any atom is -0.497 e. The summed E-state index contributed by atoms with van der Waals surface area (Å²) in [5.74, 6) is 1.19. The van der Waals surface area contributed by atoms with Gasteiger partial charge in [-0.2, -0.15) is 0 Å². The van der Waals surface area contributed by atoms with E-state index in [-0.39, 0.29) is 12.6 Å². The summed E-state index contributed by atoms with van der Waals surface area (Å²) in [5, 5.41) is 11.9. The van der Waals surface area contributed by atoms with Gasteiger partial charge in [0, 0.05) is 25.8 Å². The number of aromatic amines is 1. The van der Waals surface area contributed by atoms with Crippen LogP contribution in [0.5, 0.6) is 11.5 Å². The fourth-order valence-electron chi connectivity index (χ4n) is 7.93. The number of H-pyrrole nitrogens is 1. The zero-order valence-corrected chi connectivity index (χ0v) is 35.6. The summed E-state index contributed by atoms with van der Waals surface area (Å²) in [7, 11) is 3.24. The summed E-state index contributed by atoms with van der Waals surface area (Å²) < 4.78 is 37.0. The lowest BCUT2D eigenvalue weighted by atomic mass is 9.80. The molecule has 0 amide bonds. The zero-order chi connectivity index (χ0) is 42.6. The molecule has 2 N–H and O–H groups in total. The quantitative estimate of drug-likeness (QED) is 0.0342. The number of aromatic nitrogens is 2. The number of nitrogens with zero attached hydrogens (tertiary/aromatic N) is 1. The van der Waals surface area contributed by atoms with Crippen LogP contribution in [0.4, 0.5) is 0 Å². The van der Waals surface area contributed by atoms with Gasteiger partial charge in [-0.15, -0.1) is 0 Å². The first-order valence-corrected chi connectivity index (χ1v) is 21.7. The molecule has 3 aromatic carbocycles. The number of benzene rings is 3. The molecule has 0 aliphatic carbocycles. The molecular weight excluding hydrogens is 765 g/mol. The number of aliphatic hydroxyl groups excluding tert-OH is 1. The van der Waals surface area contributed by atoms with Crippen molar-refractivity contribution in [3.05, 3.63) is 129 Å². The molecule has 5 rings (SSSR count). The van der Waals surface area contributed by atoms with E-state index in [4.69, 9.17) is 28.4 Å². The first-order valence-electron chi connectivity index (χ1n) is 21.7. The molecule has 0 saturated carbocycles. The smallest absolute Gasteiger partial charge is 0.330 e. The Kier molecular flexibility index (Phi) is 18.9. The van der Waals surface area contributed by atoms with Gasteiger partial charge in [0.25, 0.3) is 5.56 Å². The van der Waals surface area contributed by atoms with Crippen molar-refractivity contribution in [1.29, 1.82) is 0 Å². The average molecular weight is 829 g/mol. The van der Waals surface area contributed by atoms with Crippen LogP contribution in [0.1, 0.15) is 120 Å². The number of rotatable bonds is 27. The van der Waals surface area contributed by atoms with E-state index in [1.165, 1.54) is 75.1 Å². The van der Waals surface area contributed by atoms with E-state index >= 15 is 0 Å². The minimum atomic E-state index is -1.15. The summed E-state index contributed by atoms with van der Waals surface area (Å²) in [6.45, 7) is 2.30. The van der Waals surface area contributed by atoms with Crippen LogP contribution >= 0.6 is 0 Å². The molecule has 0 bridgehead atoms. The molecule has 12 nitrogen and oxygen atoms in total. The number of nitrogens with one attached hydrogen (secondary N) is 1. The topological polar surface area (TPSA) is 148 Å². The second-order valence-electron chi connectivity index (χ2n) is 15.5. The molecule has 60 heavy (non-hydrogen) atoms. The minimum absolute atomic E-state index is 0.0679. The summed E-state index contributed by atoms with van der Waals surface area (Å²) in [6.07, 6.45) is 13.5. The van der Waals surface area contributed by atoms with Crippen LogP contribution in [-0.2, 0) is 29.3 Å². The van der Waals surface area contributed by atoms with E-state index < -0.39 is 41.4 Å². The number of hydrogen-bond acceptors (Lipinski definition) is 10. The van der Waals surface area contributed by atoms with Crippen LogP contribution in [0.3, 0.4) is 0 Å². The molecule has 1 aliphatic heterocycles. The van der Waals surface area contributed by atoms with Crippen LogP contribution in [0, 0.1) is 0 Å². The molecule has 0 radical (unpaired) electrons. The highest BCUT2D eigenvalue weighted by atomic mass is 16.6. The summed E-state index contributed by atoms with van der Waals surface area (Å²) in [4.78, 5) is 38.2. The average Bonchev–Trinajstić information content (AvgIpc) is 3.57. The predicted octanol–water partition coefficient (Wildman–Crippen LogP) is 8.23. The Morgan fingerprint density at radius 1 is 0.683 bits per heavy atom. The Bertz CT molecular complexity index is 1900. The second-order valence-corrected chi connectivity index (χ2v) is 15.5. The molecule has 2 heterocycles. The summed E-state index contributed by atoms with van der Waals surface area (Å²) >= 11 is 0. The Morgan fingerprint density at radius 2 is 1.17 bits per heavy atom. The maximum absolute atomic E-state index is 13.0. The summed E-state index contributed by atoms with van der Waals surface area (Å²) in [6, 6.07) is 26.5. The van der Waals surface area contributed by atoms with Gasteiger partial charge in [0.1, 0.15) is 35.4 Å². The Hall–Kier alpha value is -4.75. The normalized spacial score (nSPS) is 17.7. The molecule has 0 unspecified atom stereocenters. The number of methoxy groups -OCH3 is 2. The van der Waals surface area contributed by atoms with Gasteiger partial charge >= 0.3 is 11.7 Å². The molecule has 1 aromatic heterocycles. The molecular formula is C48H64N2O10. The molecule has 1 saturated heterocycles. The fraction of sp³-hybridized carbons (Fsp3) is 0.521. The van der Waals surface area contributed by atoms with Gasteiger partial charge < -0.3 is 33.5 Å². The van der Waals surface area contributed by atoms with Crippen LogP contribution in [0.2, 0.25) is 0 Å². The molecule has 1 fully saturated rings. The van der Waals surface area contributed by atoms with Crippen LogP contribution in [0.25, 0.3) is 0 Å². The van der Waals surface area contributed by atoms with Crippen molar-refractivity contribution in [1.82, 2.24) is 9.55 Å². The van der Waals surface area contributed by atoms with Crippen LogP contribution in [0.15, 0.2) is 101 Å². The van der Waals surface area contributed by atoms with Crippen molar-refractivity contribution >= 4 is 5.97 Å². The van der Waals surface area contributed by atoms with Gasteiger partial charge in [-0.3, -0.25) is 19.1 Å². The van der Waals surface area contributed by atoms with Gasteiger partial charge in [0.15, 0.2) is 6.23 Å². The van der Waals surface area contributed by atoms with Crippen molar-refractivity contribution in [2.24, 2.45) is 0 Å². The van der Waals surface area contributed by atoms with Crippen molar-refractivity contribution in [3.8, 4) is 11.5 Å². The van der Waals surface area contributed by atoms with E-state index in [9.17, 15) is 19.5 Å². The monoisotopic (exact) mass is 828 g/mol. The third-order valence-corrected chi connectivity index (χ3v) is 11.2. The van der Waals surface area contributed by atoms with E-state index in [2.05, 4.69) is 4.98 Å². The maximum Gasteiger partial charge on any atom is 0.330 e. The van der Waals surface area contributed by atoms with E-state index in [1.807, 2.05) is 78.9 Å². The lowest BCUT2D eigenvalue weighted by Crippen LogP contribution is -2.41. The second kappa shape index (κ2) is 24.5. The Balaban J connectivity index is 1.18. The number of esters is 1. The number of hydrogen-bond donors (Lipinski definition) is 2. The molecule has 1 aliphatic rings. The third kappa shape index (κ3) is 13.1. The highest BCUT2D eigenvalue weighted by Crippen LogP contribution is 2.43. The van der Waals surface area contributed by atoms with Crippen LogP contribution in [-0.4, -0.2) is 73.0 Å². The molecule has 326 valence electrons. The van der Waals surface area contributed by atoms with Gasteiger partial charge in [-0.1, -0.05) is 132 Å². The molecule has 4 aromatic rings. The van der Waals surface area contributed by atoms with E-state index in [1.54, 1.807) is 14.2 Å². The molecule has 12 heteroatoms. The predicted molar refractivity (Wildman–Crippen MR) is 231 cm³/mol. The summed E-state index contributed by atoms with van der Waals surface area (Å²) in [5.41, 5.74) is 0.168. The number of carbonyl (C=O) groups is 1. The Morgan fingerprint density at radius 3 is 1.65 bits per heavy atom. The molecule has 4 atom stereocenters. The van der Waals surface area contributed by atoms with Gasteiger partial charge in [0.2, 0.25) is 0 Å². The SMILES string of the molecule is COc1ccc(C(OC[C@H]2O[C@@H](n3ccc(=O)[nH]c3=O)[C@H](OCCCCCCCCCCCCCCCCOC(C)=O)[C@@H]2O)(c2ccccc2)c2ccc(OC)cc2)cc1. The largest absolute Gasteiger partial charge is 0.497 e. The fourth-order valence-corrected chi connectivity index (χ4v) is 7.93. The van der Waals surface area contributed by atoms with Gasteiger partial charge in [-0.05, 0) is 53.8 Å². The van der Waals surface area contributed by atoms with Gasteiger partial charge in [-0.25, -0.2) is 4.79 Å². The first-order chi connectivity index (χ1) is 29.3. The highest BCUT2D eigenvalue weighted by molar-refractivity contribution is 5.65. The first kappa shape index (κ1) is 46.3. The van der Waals surface area contributed by atoms with Crippen molar-refractivity contribution in [2.45, 2.75) is 127 Å². The van der Waals surface area contributed by atoms with E-state index in [0.717, 1.165) is 55.2 Å². The highest BCUT2D eigenvalue weighted by Gasteiger charge is 2.48. The number of carbonyl (C=O) groups excluding carboxylic acids is 1. The van der Waals surface area contributed by atoms with Crippen molar-refractivity contribution < 1.29 is 38.3 Å². The lowest BCUT2D eigenvalue weighted by Gasteiger charge is -2.37. The standard InChI is InChI=1S/C48H64N2O10/c1-36(51)57-33-19-14-12-10-8-6-4-5-7-9-11-13-15-20-34-58-45-44(53)42(60-46(45)50-32-31-43(52)49-47(50)54)35-59-48(37-21-17-16-18-22-37,38-23-27-40(55-2)28-24-38)39-25-29-41(56-3)30-26-39/h16-18,21-32,42,44-46,53H,4-15,19-20,33-35H2,1-3H3,(H,49,52,54)/t42-,44-,45-,46-/m1/s1. The lowest BCUT2D eigenvalue weighted by molar-refractivity contribution is -0.141. The number of unbranched alkanes of at least 4 members (excludes halogenated alkanes) is 13. The number of ether oxygens (including phenoxy) is 6. The Labute approximate surface area is 354 Å². The number of aliphatic hydroxyl groups is 1. The van der Waals surface area contributed by atoms with Crippen molar-refractivity contribution in [2.75, 3.05) is 34.0 Å². The van der Waals surface area contributed by atoms with Crippen molar-refractivity contribution in [3.63, 3.8) is 0 Å². The van der Waals surface area contributed by atoms with E-state index in [0.29, 0.717) is 24.7 Å². The third-order valence-electron chi connectivity index (χ3n) is 11.2. The maximum atomic E-state index is 13.0.